The van der Waals surface area contributed by atoms with Crippen molar-refractivity contribution in [3.05, 3.63) is 64.0 Å². The lowest BCUT2D eigenvalue weighted by Gasteiger charge is -2.14. The summed E-state index contributed by atoms with van der Waals surface area (Å²) in [6.07, 6.45) is 3.84. The zero-order valence-corrected chi connectivity index (χ0v) is 20.1. The van der Waals surface area contributed by atoms with E-state index in [4.69, 9.17) is 21.1 Å². The zero-order chi connectivity index (χ0) is 22.9. The first-order valence-corrected chi connectivity index (χ1v) is 12.2. The molecule has 0 bridgehead atoms. The molecule has 5 rings (SSSR count). The van der Waals surface area contributed by atoms with Crippen LogP contribution >= 0.6 is 22.9 Å². The number of Topliss-reactive ketones (excluding diaryl/α,β-unsaturated/α-hetero) is 1. The van der Waals surface area contributed by atoms with Crippen LogP contribution in [0.1, 0.15) is 34.6 Å². The molecular formula is C25H24ClN3O3S. The lowest BCUT2D eigenvalue weighted by molar-refractivity contribution is 0.0912. The van der Waals surface area contributed by atoms with Crippen molar-refractivity contribution in [2.24, 2.45) is 0 Å². The highest BCUT2D eigenvalue weighted by atomic mass is 35.5. The molecular weight excluding hydrogens is 458 g/mol. The van der Waals surface area contributed by atoms with E-state index in [-0.39, 0.29) is 18.5 Å². The molecule has 6 nitrogen and oxygen atoms in total. The minimum absolute atomic E-state index is 0.0725. The number of carbonyl (C=O) groups is 1. The number of aromatic nitrogens is 3. The first-order chi connectivity index (χ1) is 16.0. The molecule has 0 saturated carbocycles. The van der Waals surface area contributed by atoms with Gasteiger partial charge in [0, 0.05) is 46.1 Å². The highest BCUT2D eigenvalue weighted by Crippen LogP contribution is 2.37. The Hall–Kier alpha value is -2.74. The molecule has 4 heterocycles. The molecule has 170 valence electrons. The van der Waals surface area contributed by atoms with Gasteiger partial charge < -0.3 is 14.0 Å². The van der Waals surface area contributed by atoms with E-state index in [1.807, 2.05) is 49.6 Å². The van der Waals surface area contributed by atoms with Gasteiger partial charge in [0.15, 0.2) is 6.61 Å². The van der Waals surface area contributed by atoms with Crippen molar-refractivity contribution in [1.29, 1.82) is 0 Å². The highest BCUT2D eigenvalue weighted by molar-refractivity contribution is 7.17. The van der Waals surface area contributed by atoms with E-state index in [0.717, 1.165) is 58.7 Å². The Bertz CT molecular complexity index is 1310. The summed E-state index contributed by atoms with van der Waals surface area (Å²) in [5, 5.41) is 3.51. The number of ether oxygens (including phenoxy) is 2. The average Bonchev–Trinajstić information content (AvgIpc) is 3.55. The van der Waals surface area contributed by atoms with Crippen LogP contribution in [0.5, 0.6) is 5.88 Å². The SMILES string of the molecule is Cc1cc(C(=O)COc2ncnc3scc(-c4ccc(Cl)cc4)c23)c(C)n1CC1CCCO1. The predicted octanol–water partition coefficient (Wildman–Crippen LogP) is 5.87. The Morgan fingerprint density at radius 2 is 2.09 bits per heavy atom. The molecule has 8 heteroatoms. The van der Waals surface area contributed by atoms with Crippen molar-refractivity contribution in [1.82, 2.24) is 14.5 Å². The smallest absolute Gasteiger partial charge is 0.226 e. The molecule has 1 aliphatic rings. The van der Waals surface area contributed by atoms with Gasteiger partial charge in [-0.25, -0.2) is 9.97 Å². The van der Waals surface area contributed by atoms with E-state index in [9.17, 15) is 4.79 Å². The summed E-state index contributed by atoms with van der Waals surface area (Å²) >= 11 is 7.56. The molecule has 1 aromatic carbocycles. The van der Waals surface area contributed by atoms with Gasteiger partial charge in [0.1, 0.15) is 11.2 Å². The fraction of sp³-hybridized carbons (Fsp3) is 0.320. The van der Waals surface area contributed by atoms with Crippen LogP contribution in [0.4, 0.5) is 0 Å². The predicted molar refractivity (Wildman–Crippen MR) is 131 cm³/mol. The van der Waals surface area contributed by atoms with Gasteiger partial charge in [0.2, 0.25) is 11.7 Å². The van der Waals surface area contributed by atoms with Crippen molar-refractivity contribution in [3.63, 3.8) is 0 Å². The van der Waals surface area contributed by atoms with E-state index in [1.54, 1.807) is 0 Å². The standard InChI is InChI=1S/C25H24ClN3O3S/c1-15-10-20(16(2)29(15)11-19-4-3-9-31-19)22(30)12-32-24-23-21(13-33-25(23)28-14-27-24)17-5-7-18(26)8-6-17/h5-8,10,13-14,19H,3-4,9,11-12H2,1-2H3. The summed E-state index contributed by atoms with van der Waals surface area (Å²) in [7, 11) is 0. The van der Waals surface area contributed by atoms with Gasteiger partial charge in [-0.15, -0.1) is 11.3 Å². The molecule has 0 amide bonds. The molecule has 4 aromatic rings. The minimum Gasteiger partial charge on any atom is -0.469 e. The largest absolute Gasteiger partial charge is 0.469 e. The Labute approximate surface area is 201 Å². The van der Waals surface area contributed by atoms with Gasteiger partial charge in [0.05, 0.1) is 11.5 Å². The third-order valence-corrected chi connectivity index (χ3v) is 7.25. The second-order valence-corrected chi connectivity index (χ2v) is 9.55. The van der Waals surface area contributed by atoms with Gasteiger partial charge in [-0.05, 0) is 50.5 Å². The maximum atomic E-state index is 13.1. The zero-order valence-electron chi connectivity index (χ0n) is 18.5. The molecule has 0 N–H and O–H groups in total. The molecule has 1 unspecified atom stereocenters. The molecule has 0 spiro atoms. The number of ketones is 1. The lowest BCUT2D eigenvalue weighted by atomic mass is 10.1. The summed E-state index contributed by atoms with van der Waals surface area (Å²) in [4.78, 5) is 22.6. The number of rotatable bonds is 7. The molecule has 3 aromatic heterocycles. The number of thiophene rings is 1. The van der Waals surface area contributed by atoms with Crippen LogP contribution in [-0.2, 0) is 11.3 Å². The van der Waals surface area contributed by atoms with Crippen LogP contribution < -0.4 is 4.74 Å². The third kappa shape index (κ3) is 4.40. The van der Waals surface area contributed by atoms with Gasteiger partial charge in [-0.1, -0.05) is 23.7 Å². The van der Waals surface area contributed by atoms with Gasteiger partial charge in [-0.2, -0.15) is 0 Å². The summed E-state index contributed by atoms with van der Waals surface area (Å²) in [6.45, 7) is 5.51. The topological polar surface area (TPSA) is 66.2 Å². The summed E-state index contributed by atoms with van der Waals surface area (Å²) in [6, 6.07) is 9.54. The number of halogens is 1. The molecule has 0 radical (unpaired) electrons. The lowest BCUT2D eigenvalue weighted by Crippen LogP contribution is -2.18. The van der Waals surface area contributed by atoms with E-state index in [1.165, 1.54) is 17.7 Å². The van der Waals surface area contributed by atoms with E-state index in [0.29, 0.717) is 16.5 Å². The second-order valence-electron chi connectivity index (χ2n) is 8.26. The molecule has 33 heavy (non-hydrogen) atoms. The van der Waals surface area contributed by atoms with Crippen LogP contribution in [-0.4, -0.2) is 39.6 Å². The van der Waals surface area contributed by atoms with Gasteiger partial charge in [-0.3, -0.25) is 4.79 Å². The van der Waals surface area contributed by atoms with E-state index in [2.05, 4.69) is 14.5 Å². The second kappa shape index (κ2) is 9.25. The quantitative estimate of drug-likeness (QED) is 0.309. The molecule has 1 fully saturated rings. The summed E-state index contributed by atoms with van der Waals surface area (Å²) < 4.78 is 13.9. The third-order valence-electron chi connectivity index (χ3n) is 6.11. The summed E-state index contributed by atoms with van der Waals surface area (Å²) in [5.41, 5.74) is 4.64. The highest BCUT2D eigenvalue weighted by Gasteiger charge is 2.22. The molecule has 1 atom stereocenters. The minimum atomic E-state index is -0.0910. The van der Waals surface area contributed by atoms with Crippen LogP contribution in [0.3, 0.4) is 0 Å². The number of hydrogen-bond acceptors (Lipinski definition) is 6. The first kappa shape index (κ1) is 22.1. The average molecular weight is 482 g/mol. The van der Waals surface area contributed by atoms with Crippen molar-refractivity contribution >= 4 is 38.9 Å². The number of carbonyl (C=O) groups excluding carboxylic acids is 1. The number of nitrogens with zero attached hydrogens (tertiary/aromatic N) is 3. The van der Waals surface area contributed by atoms with Gasteiger partial charge in [0.25, 0.3) is 0 Å². The monoisotopic (exact) mass is 481 g/mol. The fourth-order valence-corrected chi connectivity index (χ4v) is 5.40. The maximum absolute atomic E-state index is 13.1. The van der Waals surface area contributed by atoms with Crippen molar-refractivity contribution in [2.45, 2.75) is 39.3 Å². The number of hydrogen-bond donors (Lipinski definition) is 0. The Morgan fingerprint density at radius 3 is 2.85 bits per heavy atom. The van der Waals surface area contributed by atoms with E-state index >= 15 is 0 Å². The normalized spacial score (nSPS) is 15.9. The van der Waals surface area contributed by atoms with Crippen molar-refractivity contribution < 1.29 is 14.3 Å². The Morgan fingerprint density at radius 1 is 1.27 bits per heavy atom. The van der Waals surface area contributed by atoms with Crippen LogP contribution in [0.15, 0.2) is 42.0 Å². The van der Waals surface area contributed by atoms with Crippen molar-refractivity contribution in [3.8, 4) is 17.0 Å². The number of fused-ring (bicyclic) bond motifs is 1. The van der Waals surface area contributed by atoms with Crippen LogP contribution in [0.25, 0.3) is 21.3 Å². The summed E-state index contributed by atoms with van der Waals surface area (Å²) in [5.74, 6) is 0.337. The van der Waals surface area contributed by atoms with Crippen molar-refractivity contribution in [2.75, 3.05) is 13.2 Å². The van der Waals surface area contributed by atoms with Crippen LogP contribution in [0, 0.1) is 13.8 Å². The Kier molecular flexibility index (Phi) is 6.19. The first-order valence-electron chi connectivity index (χ1n) is 10.9. The number of benzene rings is 1. The van der Waals surface area contributed by atoms with Gasteiger partial charge >= 0.3 is 0 Å². The fourth-order valence-electron chi connectivity index (χ4n) is 4.37. The maximum Gasteiger partial charge on any atom is 0.226 e. The Balaban J connectivity index is 1.37. The van der Waals surface area contributed by atoms with E-state index < -0.39 is 0 Å². The molecule has 1 saturated heterocycles. The number of aryl methyl sites for hydroxylation is 1. The molecule has 0 aliphatic carbocycles. The molecule has 1 aliphatic heterocycles. The van der Waals surface area contributed by atoms with Crippen LogP contribution in [0.2, 0.25) is 5.02 Å².